The number of rotatable bonds is 3. The van der Waals surface area contributed by atoms with E-state index in [2.05, 4.69) is 25.4 Å². The Morgan fingerprint density at radius 2 is 1.91 bits per heavy atom. The summed E-state index contributed by atoms with van der Waals surface area (Å²) in [6, 6.07) is 9.91. The summed E-state index contributed by atoms with van der Waals surface area (Å²) in [6.45, 7) is 3.15. The molecule has 1 aliphatic heterocycles. The lowest BCUT2D eigenvalue weighted by atomic mass is 10.3. The van der Waals surface area contributed by atoms with Gasteiger partial charge in [-0.2, -0.15) is 0 Å². The van der Waals surface area contributed by atoms with Crippen LogP contribution in [0.25, 0.3) is 16.9 Å². The Morgan fingerprint density at radius 1 is 1.05 bits per heavy atom. The van der Waals surface area contributed by atoms with E-state index in [1.165, 1.54) is 0 Å². The second-order valence-corrected chi connectivity index (χ2v) is 5.08. The molecule has 3 aromatic rings. The highest BCUT2D eigenvalue weighted by molar-refractivity contribution is 5.76. The fourth-order valence-corrected chi connectivity index (χ4v) is 2.52. The third kappa shape index (κ3) is 2.51. The number of aromatic nitrogens is 4. The van der Waals surface area contributed by atoms with Crippen molar-refractivity contribution in [3.05, 3.63) is 43.0 Å². The summed E-state index contributed by atoms with van der Waals surface area (Å²) in [5, 5.41) is 2.10. The molecule has 4 rings (SSSR count). The smallest absolute Gasteiger partial charge is 0.145 e. The topological polar surface area (TPSA) is 68.1 Å². The zero-order valence-electron chi connectivity index (χ0n) is 12.0. The lowest BCUT2D eigenvalue weighted by Gasteiger charge is -2.27. The Bertz CT molecular complexity index is 780. The lowest BCUT2D eigenvalue weighted by molar-refractivity contribution is 0.0495. The standard InChI is InChI=1S/C15H16N6O/c1-2-4-13-12(3-1)18-11-21(13)15-9-14(16-10-17-15)19-20-5-7-22-8-6-20/h1-4,9-11H,5-8H2,(H,16,17,19). The van der Waals surface area contributed by atoms with Crippen molar-refractivity contribution in [2.45, 2.75) is 0 Å². The molecule has 0 saturated carbocycles. The highest BCUT2D eigenvalue weighted by atomic mass is 16.5. The van der Waals surface area contributed by atoms with Crippen molar-refractivity contribution in [1.82, 2.24) is 24.5 Å². The number of imidazole rings is 1. The number of morpholine rings is 1. The quantitative estimate of drug-likeness (QED) is 0.789. The molecule has 3 heterocycles. The number of anilines is 1. The molecule has 0 spiro atoms. The number of fused-ring (bicyclic) bond motifs is 1. The molecule has 2 aromatic heterocycles. The van der Waals surface area contributed by atoms with Gasteiger partial charge in [-0.1, -0.05) is 12.1 Å². The van der Waals surface area contributed by atoms with Gasteiger partial charge >= 0.3 is 0 Å². The maximum Gasteiger partial charge on any atom is 0.145 e. The predicted molar refractivity (Wildman–Crippen MR) is 82.7 cm³/mol. The fraction of sp³-hybridized carbons (Fsp3) is 0.267. The van der Waals surface area contributed by atoms with Crippen LogP contribution < -0.4 is 5.43 Å². The molecule has 22 heavy (non-hydrogen) atoms. The molecule has 7 heteroatoms. The Labute approximate surface area is 127 Å². The Morgan fingerprint density at radius 3 is 2.82 bits per heavy atom. The normalized spacial score (nSPS) is 16.0. The third-order valence-electron chi connectivity index (χ3n) is 3.64. The maximum absolute atomic E-state index is 5.34. The van der Waals surface area contributed by atoms with Gasteiger partial charge in [-0.25, -0.2) is 20.0 Å². The van der Waals surface area contributed by atoms with Gasteiger partial charge in [0.25, 0.3) is 0 Å². The molecular formula is C15H16N6O. The number of hydrogen-bond acceptors (Lipinski definition) is 6. The first kappa shape index (κ1) is 13.2. The minimum absolute atomic E-state index is 0.733. The van der Waals surface area contributed by atoms with Crippen LogP contribution in [-0.2, 0) is 4.74 Å². The van der Waals surface area contributed by atoms with Crippen molar-refractivity contribution >= 4 is 16.9 Å². The van der Waals surface area contributed by atoms with E-state index in [4.69, 9.17) is 4.74 Å². The number of hydrogen-bond donors (Lipinski definition) is 1. The second-order valence-electron chi connectivity index (χ2n) is 5.08. The minimum atomic E-state index is 0.733. The van der Waals surface area contributed by atoms with Crippen LogP contribution in [0.3, 0.4) is 0 Å². The van der Waals surface area contributed by atoms with Crippen molar-refractivity contribution in [3.63, 3.8) is 0 Å². The molecular weight excluding hydrogens is 280 g/mol. The van der Waals surface area contributed by atoms with Gasteiger partial charge in [0.05, 0.1) is 24.2 Å². The van der Waals surface area contributed by atoms with Crippen molar-refractivity contribution < 1.29 is 4.74 Å². The molecule has 1 aromatic carbocycles. The summed E-state index contributed by atoms with van der Waals surface area (Å²) in [7, 11) is 0. The summed E-state index contributed by atoms with van der Waals surface area (Å²) in [4.78, 5) is 13.0. The Kier molecular flexibility index (Phi) is 3.42. The van der Waals surface area contributed by atoms with Crippen molar-refractivity contribution in [2.24, 2.45) is 0 Å². The molecule has 1 aliphatic rings. The largest absolute Gasteiger partial charge is 0.379 e. The van der Waals surface area contributed by atoms with Crippen LogP contribution in [0.15, 0.2) is 43.0 Å². The molecule has 0 radical (unpaired) electrons. The van der Waals surface area contributed by atoms with E-state index in [-0.39, 0.29) is 0 Å². The number of hydrazine groups is 1. The van der Waals surface area contributed by atoms with Crippen LogP contribution >= 0.6 is 0 Å². The monoisotopic (exact) mass is 296 g/mol. The zero-order chi connectivity index (χ0) is 14.8. The Balaban J connectivity index is 1.63. The first-order valence-electron chi connectivity index (χ1n) is 7.24. The summed E-state index contributed by atoms with van der Waals surface area (Å²) in [5.41, 5.74) is 5.27. The van der Waals surface area contributed by atoms with Crippen molar-refractivity contribution in [1.29, 1.82) is 0 Å². The molecule has 112 valence electrons. The highest BCUT2D eigenvalue weighted by Crippen LogP contribution is 2.17. The van der Waals surface area contributed by atoms with Crippen LogP contribution in [0.2, 0.25) is 0 Å². The first-order valence-corrected chi connectivity index (χ1v) is 7.24. The highest BCUT2D eigenvalue weighted by Gasteiger charge is 2.12. The number of nitrogens with zero attached hydrogens (tertiary/aromatic N) is 5. The van der Waals surface area contributed by atoms with E-state index in [0.717, 1.165) is 49.0 Å². The zero-order valence-corrected chi connectivity index (χ0v) is 12.0. The first-order chi connectivity index (χ1) is 10.9. The van der Waals surface area contributed by atoms with Gasteiger partial charge in [0, 0.05) is 19.2 Å². The van der Waals surface area contributed by atoms with E-state index in [1.807, 2.05) is 34.9 Å². The second kappa shape index (κ2) is 5.70. The van der Waals surface area contributed by atoms with Gasteiger partial charge in [-0.15, -0.1) is 0 Å². The summed E-state index contributed by atoms with van der Waals surface area (Å²) in [5.74, 6) is 1.56. The molecule has 1 saturated heterocycles. The molecule has 7 nitrogen and oxygen atoms in total. The Hall–Kier alpha value is -2.51. The van der Waals surface area contributed by atoms with Gasteiger partial charge < -0.3 is 10.2 Å². The molecule has 0 aliphatic carbocycles. The molecule has 1 N–H and O–H groups in total. The number of para-hydroxylation sites is 2. The van der Waals surface area contributed by atoms with Crippen molar-refractivity contribution in [2.75, 3.05) is 31.7 Å². The van der Waals surface area contributed by atoms with E-state index >= 15 is 0 Å². The molecule has 0 atom stereocenters. The van der Waals surface area contributed by atoms with Crippen LogP contribution in [0.5, 0.6) is 0 Å². The van der Waals surface area contributed by atoms with E-state index < -0.39 is 0 Å². The van der Waals surface area contributed by atoms with Gasteiger partial charge in [-0.3, -0.25) is 4.57 Å². The molecule has 0 bridgehead atoms. The van der Waals surface area contributed by atoms with Crippen LogP contribution in [0.1, 0.15) is 0 Å². The van der Waals surface area contributed by atoms with Crippen LogP contribution in [-0.4, -0.2) is 50.8 Å². The minimum Gasteiger partial charge on any atom is -0.379 e. The van der Waals surface area contributed by atoms with Gasteiger partial charge in [0.2, 0.25) is 0 Å². The summed E-state index contributed by atoms with van der Waals surface area (Å²) in [6.07, 6.45) is 3.35. The lowest BCUT2D eigenvalue weighted by Crippen LogP contribution is -2.40. The fourth-order valence-electron chi connectivity index (χ4n) is 2.52. The van der Waals surface area contributed by atoms with Crippen LogP contribution in [0, 0.1) is 0 Å². The number of benzene rings is 1. The SMILES string of the molecule is c1ccc2c(c1)ncn2-c1cc(NN2CCOCC2)ncn1. The van der Waals surface area contributed by atoms with E-state index in [1.54, 1.807) is 12.7 Å². The number of ether oxygens (including phenoxy) is 1. The van der Waals surface area contributed by atoms with E-state index in [0.29, 0.717) is 0 Å². The summed E-state index contributed by atoms with van der Waals surface area (Å²) < 4.78 is 7.30. The summed E-state index contributed by atoms with van der Waals surface area (Å²) >= 11 is 0. The molecule has 0 unspecified atom stereocenters. The third-order valence-corrected chi connectivity index (χ3v) is 3.64. The van der Waals surface area contributed by atoms with E-state index in [9.17, 15) is 0 Å². The number of nitrogens with one attached hydrogen (secondary N) is 1. The van der Waals surface area contributed by atoms with Gasteiger partial charge in [0.15, 0.2) is 0 Å². The van der Waals surface area contributed by atoms with Gasteiger partial charge in [-0.05, 0) is 12.1 Å². The predicted octanol–water partition coefficient (Wildman–Crippen LogP) is 1.47. The average molecular weight is 296 g/mol. The average Bonchev–Trinajstić information content (AvgIpc) is 3.00. The van der Waals surface area contributed by atoms with Gasteiger partial charge in [0.1, 0.15) is 24.3 Å². The molecule has 1 fully saturated rings. The van der Waals surface area contributed by atoms with Crippen molar-refractivity contribution in [3.8, 4) is 5.82 Å². The maximum atomic E-state index is 5.34. The molecule has 0 amide bonds. The van der Waals surface area contributed by atoms with Crippen LogP contribution in [0.4, 0.5) is 5.82 Å².